The number of pyridine rings is 1. The average Bonchev–Trinajstić information content (AvgIpc) is 2.87. The minimum Gasteiger partial charge on any atom is -0.463 e. The highest BCUT2D eigenvalue weighted by Crippen LogP contribution is 2.42. The summed E-state index contributed by atoms with van der Waals surface area (Å²) in [7, 11) is 0. The van der Waals surface area contributed by atoms with Crippen molar-refractivity contribution in [2.24, 2.45) is 0 Å². The first kappa shape index (κ1) is 17.0. The molecule has 0 aliphatic rings. The van der Waals surface area contributed by atoms with Gasteiger partial charge in [0.1, 0.15) is 11.5 Å². The maximum Gasteiger partial charge on any atom is 0.425 e. The molecule has 0 radical (unpaired) electrons. The maximum absolute atomic E-state index is 13.3. The zero-order chi connectivity index (χ0) is 17.3. The van der Waals surface area contributed by atoms with Crippen molar-refractivity contribution >= 4 is 11.6 Å². The summed E-state index contributed by atoms with van der Waals surface area (Å²) >= 11 is 0. The van der Waals surface area contributed by atoms with Crippen molar-refractivity contribution in [1.29, 1.82) is 0 Å². The normalized spacial score (nSPS) is 14.3. The number of aromatic nitrogens is 1. The fraction of sp³-hybridized carbons (Fsp3) is 0.333. The highest BCUT2D eigenvalue weighted by molar-refractivity contribution is 5.92. The Morgan fingerprint density at radius 2 is 2.00 bits per heavy atom. The van der Waals surface area contributed by atoms with Gasteiger partial charge in [-0.25, -0.2) is 0 Å². The molecule has 1 atom stereocenters. The van der Waals surface area contributed by atoms with Crippen LogP contribution in [0.1, 0.15) is 23.6 Å². The number of hydrogen-bond acceptors (Lipinski definition) is 4. The number of aryl methyl sites for hydroxylation is 2. The number of nitrogens with one attached hydrogen (secondary N) is 1. The Morgan fingerprint density at radius 3 is 2.52 bits per heavy atom. The van der Waals surface area contributed by atoms with Crippen molar-refractivity contribution in [3.05, 3.63) is 47.7 Å². The van der Waals surface area contributed by atoms with Crippen LogP contribution in [0.4, 0.5) is 18.9 Å². The molecule has 2 aromatic rings. The van der Waals surface area contributed by atoms with E-state index in [9.17, 15) is 23.1 Å². The molecule has 1 unspecified atom stereocenters. The van der Waals surface area contributed by atoms with E-state index in [0.29, 0.717) is 5.69 Å². The van der Waals surface area contributed by atoms with Gasteiger partial charge >= 0.3 is 6.18 Å². The molecule has 1 amide bonds. The van der Waals surface area contributed by atoms with Gasteiger partial charge in [-0.15, -0.1) is 0 Å². The van der Waals surface area contributed by atoms with Crippen LogP contribution in [0.2, 0.25) is 0 Å². The topological polar surface area (TPSA) is 75.4 Å². The third kappa shape index (κ3) is 3.53. The summed E-state index contributed by atoms with van der Waals surface area (Å²) in [6.45, 7) is 3.04. The van der Waals surface area contributed by atoms with E-state index in [4.69, 9.17) is 4.42 Å². The molecule has 0 bridgehead atoms. The number of carbonyl (C=O) groups is 1. The standard InChI is InChI=1S/C15H15F3N2O3/c1-9-5-6-12(23-9)14(22,15(16,17)18)8-13(21)20-11-4-3-7-19-10(11)2/h3-7,22H,8H2,1-2H3,(H,20,21). The number of amides is 1. The van der Waals surface area contributed by atoms with Crippen molar-refractivity contribution in [1.82, 2.24) is 4.98 Å². The molecule has 23 heavy (non-hydrogen) atoms. The predicted octanol–water partition coefficient (Wildman–Crippen LogP) is 3.07. The second-order valence-electron chi connectivity index (χ2n) is 5.13. The molecule has 2 aromatic heterocycles. The number of hydrogen-bond donors (Lipinski definition) is 2. The Balaban J connectivity index is 2.25. The Labute approximate surface area is 130 Å². The Morgan fingerprint density at radius 1 is 1.30 bits per heavy atom. The fourth-order valence-electron chi connectivity index (χ4n) is 2.03. The van der Waals surface area contributed by atoms with Gasteiger partial charge in [-0.2, -0.15) is 13.2 Å². The first-order chi connectivity index (χ1) is 10.6. The van der Waals surface area contributed by atoms with Crippen LogP contribution < -0.4 is 5.32 Å². The molecule has 2 heterocycles. The number of rotatable bonds is 4. The minimum absolute atomic E-state index is 0.200. The average molecular weight is 328 g/mol. The van der Waals surface area contributed by atoms with Crippen LogP contribution in [0.5, 0.6) is 0 Å². The highest BCUT2D eigenvalue weighted by Gasteiger charge is 2.58. The van der Waals surface area contributed by atoms with Gasteiger partial charge in [0, 0.05) is 6.20 Å². The fourth-order valence-corrected chi connectivity index (χ4v) is 2.03. The molecule has 8 heteroatoms. The molecule has 0 aliphatic heterocycles. The number of furan rings is 1. The predicted molar refractivity (Wildman–Crippen MR) is 75.6 cm³/mol. The van der Waals surface area contributed by atoms with Crippen LogP contribution in [-0.2, 0) is 10.4 Å². The second kappa shape index (κ2) is 6.04. The molecule has 2 rings (SSSR count). The summed E-state index contributed by atoms with van der Waals surface area (Å²) < 4.78 is 44.7. The molecule has 0 saturated carbocycles. The maximum atomic E-state index is 13.3. The number of alkyl halides is 3. The van der Waals surface area contributed by atoms with E-state index in [-0.39, 0.29) is 11.4 Å². The minimum atomic E-state index is -5.07. The van der Waals surface area contributed by atoms with Gasteiger partial charge in [-0.05, 0) is 38.1 Å². The Hall–Kier alpha value is -2.35. The van der Waals surface area contributed by atoms with Crippen LogP contribution in [-0.4, -0.2) is 22.2 Å². The molecule has 5 nitrogen and oxygen atoms in total. The lowest BCUT2D eigenvalue weighted by Gasteiger charge is -2.28. The molecule has 0 saturated heterocycles. The van der Waals surface area contributed by atoms with Crippen LogP contribution in [0.3, 0.4) is 0 Å². The van der Waals surface area contributed by atoms with Crippen molar-refractivity contribution < 1.29 is 27.5 Å². The number of halogens is 3. The third-order valence-electron chi connectivity index (χ3n) is 3.31. The van der Waals surface area contributed by atoms with Crippen LogP contribution in [0, 0.1) is 13.8 Å². The summed E-state index contributed by atoms with van der Waals surface area (Å²) in [5, 5.41) is 12.4. The first-order valence-electron chi connectivity index (χ1n) is 6.71. The van der Waals surface area contributed by atoms with Gasteiger partial charge in [-0.3, -0.25) is 9.78 Å². The lowest BCUT2D eigenvalue weighted by atomic mass is 9.95. The quantitative estimate of drug-likeness (QED) is 0.904. The molecule has 0 aromatic carbocycles. The van der Waals surface area contributed by atoms with E-state index in [1.54, 1.807) is 6.92 Å². The molecule has 0 fully saturated rings. The monoisotopic (exact) mass is 328 g/mol. The summed E-state index contributed by atoms with van der Waals surface area (Å²) in [5.41, 5.74) is -2.68. The van der Waals surface area contributed by atoms with E-state index >= 15 is 0 Å². The van der Waals surface area contributed by atoms with Gasteiger partial charge in [-0.1, -0.05) is 0 Å². The van der Waals surface area contributed by atoms with Crippen LogP contribution in [0.15, 0.2) is 34.9 Å². The Bertz CT molecular complexity index is 712. The van der Waals surface area contributed by atoms with Gasteiger partial charge in [0.2, 0.25) is 11.5 Å². The van der Waals surface area contributed by atoms with Crippen molar-refractivity contribution in [2.75, 3.05) is 5.32 Å². The highest BCUT2D eigenvalue weighted by atomic mass is 19.4. The van der Waals surface area contributed by atoms with E-state index < -0.39 is 29.9 Å². The first-order valence-corrected chi connectivity index (χ1v) is 6.71. The third-order valence-corrected chi connectivity index (χ3v) is 3.31. The number of nitrogens with zero attached hydrogens (tertiary/aromatic N) is 1. The zero-order valence-corrected chi connectivity index (χ0v) is 12.4. The molecular weight excluding hydrogens is 313 g/mol. The van der Waals surface area contributed by atoms with E-state index in [1.165, 1.54) is 31.3 Å². The molecule has 124 valence electrons. The lowest BCUT2D eigenvalue weighted by Crippen LogP contribution is -2.44. The van der Waals surface area contributed by atoms with Crippen LogP contribution in [0.25, 0.3) is 0 Å². The van der Waals surface area contributed by atoms with Gasteiger partial charge in [0.05, 0.1) is 17.8 Å². The summed E-state index contributed by atoms with van der Waals surface area (Å²) in [5.74, 6) is -1.53. The zero-order valence-electron chi connectivity index (χ0n) is 12.4. The second-order valence-corrected chi connectivity index (χ2v) is 5.13. The number of anilines is 1. The summed E-state index contributed by atoms with van der Waals surface area (Å²) in [6, 6.07) is 5.33. The summed E-state index contributed by atoms with van der Waals surface area (Å²) in [4.78, 5) is 15.9. The smallest absolute Gasteiger partial charge is 0.425 e. The molecule has 0 aliphatic carbocycles. The van der Waals surface area contributed by atoms with Crippen molar-refractivity contribution in [3.8, 4) is 0 Å². The van der Waals surface area contributed by atoms with Crippen molar-refractivity contribution in [3.63, 3.8) is 0 Å². The number of carbonyl (C=O) groups excluding carboxylic acids is 1. The molecule has 0 spiro atoms. The lowest BCUT2D eigenvalue weighted by molar-refractivity contribution is -0.272. The summed E-state index contributed by atoms with van der Waals surface area (Å²) in [6.07, 6.45) is -4.81. The van der Waals surface area contributed by atoms with Crippen LogP contribution >= 0.6 is 0 Å². The van der Waals surface area contributed by atoms with Gasteiger partial charge in [0.15, 0.2) is 0 Å². The van der Waals surface area contributed by atoms with Crippen molar-refractivity contribution in [2.45, 2.75) is 32.0 Å². The molecule has 2 N–H and O–H groups in total. The number of aliphatic hydroxyl groups is 1. The van der Waals surface area contributed by atoms with E-state index in [1.807, 2.05) is 0 Å². The Kier molecular flexibility index (Phi) is 4.46. The van der Waals surface area contributed by atoms with E-state index in [2.05, 4.69) is 10.3 Å². The SMILES string of the molecule is Cc1ccc(C(O)(CC(=O)Nc2cccnc2C)C(F)(F)F)o1. The molecular formula is C15H15F3N2O3. The largest absolute Gasteiger partial charge is 0.463 e. The van der Waals surface area contributed by atoms with E-state index in [0.717, 1.165) is 6.07 Å². The van der Waals surface area contributed by atoms with Gasteiger partial charge in [0.25, 0.3) is 0 Å². The van der Waals surface area contributed by atoms with Gasteiger partial charge < -0.3 is 14.8 Å².